The monoisotopic (exact) mass is 334 g/mol. The zero-order valence-electron chi connectivity index (χ0n) is 16.2. The molecule has 0 aromatic heterocycles. The van der Waals surface area contributed by atoms with Crippen molar-refractivity contribution in [3.63, 3.8) is 0 Å². The Kier molecular flexibility index (Phi) is 8.42. The van der Waals surface area contributed by atoms with E-state index in [-0.39, 0.29) is 0 Å². The maximum absolute atomic E-state index is 2.87. The number of hydrogen-bond donors (Lipinski definition) is 0. The van der Waals surface area contributed by atoms with Crippen LogP contribution >= 0.6 is 0 Å². The van der Waals surface area contributed by atoms with Crippen LogP contribution in [0.5, 0.6) is 0 Å². The van der Waals surface area contributed by atoms with Crippen molar-refractivity contribution < 1.29 is 0 Å². The van der Waals surface area contributed by atoms with Crippen molar-refractivity contribution in [3.8, 4) is 0 Å². The molecule has 3 aliphatic rings. The molecule has 1 saturated heterocycles. The Labute approximate surface area is 151 Å². The Morgan fingerprint density at radius 3 is 0.875 bits per heavy atom. The first-order chi connectivity index (χ1) is 11.9. The molecule has 3 fully saturated rings. The summed E-state index contributed by atoms with van der Waals surface area (Å²) >= 11 is 0. The van der Waals surface area contributed by atoms with Crippen LogP contribution in [0, 0.1) is 0 Å². The third kappa shape index (κ3) is 6.02. The van der Waals surface area contributed by atoms with Crippen molar-refractivity contribution in [2.75, 3.05) is 26.2 Å². The molecule has 24 heavy (non-hydrogen) atoms. The van der Waals surface area contributed by atoms with Gasteiger partial charge in [0, 0.05) is 38.3 Å². The third-order valence-electron chi connectivity index (χ3n) is 7.03. The van der Waals surface area contributed by atoms with Crippen molar-refractivity contribution in [1.29, 1.82) is 0 Å². The fourth-order valence-electron chi connectivity index (χ4n) is 5.42. The summed E-state index contributed by atoms with van der Waals surface area (Å²) < 4.78 is 0. The molecule has 2 heteroatoms. The summed E-state index contributed by atoms with van der Waals surface area (Å²) in [5, 5.41) is 0. The molecule has 0 unspecified atom stereocenters. The molecular weight excluding hydrogens is 292 g/mol. The molecule has 0 bridgehead atoms. The third-order valence-corrected chi connectivity index (χ3v) is 7.03. The number of hydrogen-bond acceptors (Lipinski definition) is 2. The standard InChI is InChI=1S/C22H42N2/c1-2-6-10-14-21(13-9-5-1)23-17-19-24(20-18-23)22-15-11-7-3-4-8-12-16-22/h21-22H,1-20H2. The van der Waals surface area contributed by atoms with Crippen LogP contribution in [0.1, 0.15) is 103 Å². The molecule has 1 aliphatic heterocycles. The molecule has 0 aromatic rings. The second-order valence-electron chi connectivity index (χ2n) is 8.78. The van der Waals surface area contributed by atoms with E-state index < -0.39 is 0 Å². The molecule has 2 aliphatic carbocycles. The molecule has 0 atom stereocenters. The Bertz CT molecular complexity index is 270. The predicted octanol–water partition coefficient (Wildman–Crippen LogP) is 5.61. The summed E-state index contributed by atoms with van der Waals surface area (Å²) in [5.41, 5.74) is 0. The molecule has 0 N–H and O–H groups in total. The van der Waals surface area contributed by atoms with Gasteiger partial charge in [-0.2, -0.15) is 0 Å². The summed E-state index contributed by atoms with van der Waals surface area (Å²) in [6.45, 7) is 5.39. The maximum Gasteiger partial charge on any atom is 0.0113 e. The van der Waals surface area contributed by atoms with Gasteiger partial charge in [0.15, 0.2) is 0 Å². The van der Waals surface area contributed by atoms with Crippen LogP contribution in [-0.4, -0.2) is 48.1 Å². The van der Waals surface area contributed by atoms with E-state index in [2.05, 4.69) is 9.80 Å². The Hall–Kier alpha value is -0.0800. The zero-order valence-corrected chi connectivity index (χ0v) is 16.2. The van der Waals surface area contributed by atoms with E-state index in [1.54, 1.807) is 0 Å². The van der Waals surface area contributed by atoms with E-state index in [0.29, 0.717) is 0 Å². The van der Waals surface area contributed by atoms with Crippen molar-refractivity contribution in [1.82, 2.24) is 9.80 Å². The molecule has 0 aromatic carbocycles. The fraction of sp³-hybridized carbons (Fsp3) is 1.00. The van der Waals surface area contributed by atoms with Gasteiger partial charge >= 0.3 is 0 Å². The second-order valence-corrected chi connectivity index (χ2v) is 8.78. The van der Waals surface area contributed by atoms with Crippen molar-refractivity contribution >= 4 is 0 Å². The zero-order chi connectivity index (χ0) is 16.5. The maximum atomic E-state index is 2.87. The van der Waals surface area contributed by atoms with Crippen LogP contribution in [0.25, 0.3) is 0 Å². The van der Waals surface area contributed by atoms with E-state index >= 15 is 0 Å². The number of piperazine rings is 1. The van der Waals surface area contributed by atoms with Crippen LogP contribution in [0.4, 0.5) is 0 Å². The van der Waals surface area contributed by atoms with E-state index in [1.165, 1.54) is 129 Å². The molecule has 140 valence electrons. The minimum absolute atomic E-state index is 0.908. The first-order valence-electron chi connectivity index (χ1n) is 11.4. The average Bonchev–Trinajstić information content (AvgIpc) is 2.85. The number of rotatable bonds is 2. The van der Waals surface area contributed by atoms with Crippen LogP contribution < -0.4 is 0 Å². The molecule has 0 radical (unpaired) electrons. The second kappa shape index (κ2) is 10.8. The smallest absolute Gasteiger partial charge is 0.0113 e. The Morgan fingerprint density at radius 1 is 0.333 bits per heavy atom. The van der Waals surface area contributed by atoms with E-state index in [9.17, 15) is 0 Å². The SMILES string of the molecule is C1CCCCC(N2CCN(C3CCCCCCCC3)CC2)CCC1. The van der Waals surface area contributed by atoms with Gasteiger partial charge < -0.3 is 0 Å². The van der Waals surface area contributed by atoms with Gasteiger partial charge in [-0.1, -0.05) is 77.0 Å². The lowest BCUT2D eigenvalue weighted by Crippen LogP contribution is -2.53. The van der Waals surface area contributed by atoms with Gasteiger partial charge in [0.25, 0.3) is 0 Å². The summed E-state index contributed by atoms with van der Waals surface area (Å²) in [7, 11) is 0. The lowest BCUT2D eigenvalue weighted by molar-refractivity contribution is 0.0559. The van der Waals surface area contributed by atoms with Gasteiger partial charge in [-0.05, 0) is 25.7 Å². The summed E-state index contributed by atoms with van der Waals surface area (Å²) in [6.07, 6.45) is 23.7. The summed E-state index contributed by atoms with van der Waals surface area (Å²) in [6, 6.07) is 1.82. The van der Waals surface area contributed by atoms with Crippen LogP contribution in [-0.2, 0) is 0 Å². The van der Waals surface area contributed by atoms with Crippen molar-refractivity contribution in [2.24, 2.45) is 0 Å². The van der Waals surface area contributed by atoms with Crippen molar-refractivity contribution in [3.05, 3.63) is 0 Å². The van der Waals surface area contributed by atoms with Gasteiger partial charge in [0.2, 0.25) is 0 Å². The lowest BCUT2D eigenvalue weighted by atomic mass is 10.00. The predicted molar refractivity (Wildman–Crippen MR) is 105 cm³/mol. The molecule has 2 nitrogen and oxygen atoms in total. The number of nitrogens with zero attached hydrogens (tertiary/aromatic N) is 2. The quantitative estimate of drug-likeness (QED) is 0.647. The average molecular weight is 335 g/mol. The highest BCUT2D eigenvalue weighted by Crippen LogP contribution is 2.25. The van der Waals surface area contributed by atoms with Gasteiger partial charge in [-0.25, -0.2) is 0 Å². The van der Waals surface area contributed by atoms with Gasteiger partial charge in [0.05, 0.1) is 0 Å². The van der Waals surface area contributed by atoms with Gasteiger partial charge in [-0.15, -0.1) is 0 Å². The largest absolute Gasteiger partial charge is 0.298 e. The molecule has 0 amide bonds. The van der Waals surface area contributed by atoms with Gasteiger partial charge in [0.1, 0.15) is 0 Å². The minimum atomic E-state index is 0.908. The van der Waals surface area contributed by atoms with E-state index in [0.717, 1.165) is 12.1 Å². The van der Waals surface area contributed by atoms with Crippen LogP contribution in [0.15, 0.2) is 0 Å². The van der Waals surface area contributed by atoms with E-state index in [4.69, 9.17) is 0 Å². The highest BCUT2D eigenvalue weighted by atomic mass is 15.3. The highest BCUT2D eigenvalue weighted by Gasteiger charge is 2.27. The normalized spacial score (nSPS) is 29.0. The van der Waals surface area contributed by atoms with Crippen LogP contribution in [0.2, 0.25) is 0 Å². The first kappa shape index (κ1) is 18.7. The Morgan fingerprint density at radius 2 is 0.583 bits per heavy atom. The summed E-state index contributed by atoms with van der Waals surface area (Å²) in [5.74, 6) is 0. The lowest BCUT2D eigenvalue weighted by Gasteiger charge is -2.42. The topological polar surface area (TPSA) is 6.48 Å². The minimum Gasteiger partial charge on any atom is -0.298 e. The summed E-state index contributed by atoms with van der Waals surface area (Å²) in [4.78, 5) is 5.74. The van der Waals surface area contributed by atoms with Crippen molar-refractivity contribution in [2.45, 2.75) is 115 Å². The van der Waals surface area contributed by atoms with Crippen LogP contribution in [0.3, 0.4) is 0 Å². The molecule has 0 spiro atoms. The first-order valence-corrected chi connectivity index (χ1v) is 11.4. The highest BCUT2D eigenvalue weighted by molar-refractivity contribution is 4.83. The Balaban J connectivity index is 1.45. The molecule has 1 heterocycles. The fourth-order valence-corrected chi connectivity index (χ4v) is 5.42. The molecule has 2 saturated carbocycles. The molecule has 3 rings (SSSR count). The van der Waals surface area contributed by atoms with E-state index in [1.807, 2.05) is 0 Å². The molecular formula is C22H42N2. The van der Waals surface area contributed by atoms with Gasteiger partial charge in [-0.3, -0.25) is 9.80 Å².